The molecule has 6 nitrogen and oxygen atoms in total. The highest BCUT2D eigenvalue weighted by Crippen LogP contribution is 2.31. The normalized spacial score (nSPS) is 24.9. The first kappa shape index (κ1) is 14.5. The van der Waals surface area contributed by atoms with Gasteiger partial charge in [-0.1, -0.05) is 12.8 Å². The number of rotatable bonds is 6. The first-order valence-electron chi connectivity index (χ1n) is 6.04. The zero-order chi connectivity index (χ0) is 13.5. The van der Waals surface area contributed by atoms with Crippen molar-refractivity contribution in [1.29, 1.82) is 0 Å². The van der Waals surface area contributed by atoms with Crippen LogP contribution in [-0.2, 0) is 23.9 Å². The maximum absolute atomic E-state index is 11.8. The molecule has 0 saturated heterocycles. The summed E-state index contributed by atoms with van der Waals surface area (Å²) in [6.45, 7) is 1.84. The Morgan fingerprint density at radius 3 is 2.50 bits per heavy atom. The van der Waals surface area contributed by atoms with Gasteiger partial charge in [-0.3, -0.25) is 14.4 Å². The first-order valence-corrected chi connectivity index (χ1v) is 6.04. The van der Waals surface area contributed by atoms with Gasteiger partial charge in [-0.25, -0.2) is 0 Å². The summed E-state index contributed by atoms with van der Waals surface area (Å²) in [6, 6.07) is 0. The molecule has 18 heavy (non-hydrogen) atoms. The van der Waals surface area contributed by atoms with Gasteiger partial charge in [0.05, 0.1) is 11.8 Å². The van der Waals surface area contributed by atoms with Crippen LogP contribution >= 0.6 is 0 Å². The van der Waals surface area contributed by atoms with E-state index in [1.165, 1.54) is 0 Å². The van der Waals surface area contributed by atoms with Crippen LogP contribution in [0.15, 0.2) is 0 Å². The van der Waals surface area contributed by atoms with E-state index < -0.39 is 29.9 Å². The Labute approximate surface area is 105 Å². The van der Waals surface area contributed by atoms with Gasteiger partial charge in [-0.2, -0.15) is 0 Å². The van der Waals surface area contributed by atoms with Crippen molar-refractivity contribution < 1.29 is 29.0 Å². The lowest BCUT2D eigenvalue weighted by Gasteiger charge is -2.27. The molecule has 1 aliphatic rings. The molecule has 1 fully saturated rings. The Kier molecular flexibility index (Phi) is 5.61. The average molecular weight is 258 g/mol. The molecule has 0 spiro atoms. The molecule has 6 heteroatoms. The highest BCUT2D eigenvalue weighted by molar-refractivity contribution is 5.81. The lowest BCUT2D eigenvalue weighted by Crippen LogP contribution is -2.35. The van der Waals surface area contributed by atoms with Gasteiger partial charge in [0.15, 0.2) is 0 Å². The third-order valence-corrected chi connectivity index (χ3v) is 3.13. The van der Waals surface area contributed by atoms with Crippen molar-refractivity contribution in [2.75, 3.05) is 6.61 Å². The Morgan fingerprint density at radius 1 is 1.33 bits per heavy atom. The van der Waals surface area contributed by atoms with Gasteiger partial charge >= 0.3 is 11.9 Å². The molecular formula is C12H18O6. The second-order valence-corrected chi connectivity index (χ2v) is 4.51. The topological polar surface area (TPSA) is 89.9 Å². The minimum Gasteiger partial charge on any atom is -0.481 e. The molecule has 0 heterocycles. The molecule has 1 rings (SSSR count). The van der Waals surface area contributed by atoms with Crippen LogP contribution in [-0.4, -0.2) is 36.2 Å². The standard InChI is InChI=1S/C12H18O6/c1-8(18-7-13)6-17-12(16)10-5-3-2-4-9(10)11(14)15/h7-10H,2-6H2,1H3,(H,14,15). The molecule has 1 saturated carbocycles. The van der Waals surface area contributed by atoms with Crippen molar-refractivity contribution in [2.45, 2.75) is 38.7 Å². The predicted octanol–water partition coefficient (Wildman–Crippen LogP) is 0.982. The van der Waals surface area contributed by atoms with Crippen molar-refractivity contribution in [3.63, 3.8) is 0 Å². The third kappa shape index (κ3) is 4.01. The minimum atomic E-state index is -0.950. The summed E-state index contributed by atoms with van der Waals surface area (Å²) in [4.78, 5) is 32.9. The molecule has 0 aromatic rings. The van der Waals surface area contributed by atoms with Crippen molar-refractivity contribution in [3.05, 3.63) is 0 Å². The lowest BCUT2D eigenvalue weighted by molar-refractivity contribution is -0.163. The largest absolute Gasteiger partial charge is 0.481 e. The average Bonchev–Trinajstić information content (AvgIpc) is 2.36. The Hall–Kier alpha value is -1.59. The predicted molar refractivity (Wildman–Crippen MR) is 60.7 cm³/mol. The van der Waals surface area contributed by atoms with E-state index in [1.54, 1.807) is 6.92 Å². The molecular weight excluding hydrogens is 240 g/mol. The van der Waals surface area contributed by atoms with Gasteiger partial charge in [-0.05, 0) is 19.8 Å². The quantitative estimate of drug-likeness (QED) is 0.564. The highest BCUT2D eigenvalue weighted by Gasteiger charge is 2.36. The number of hydrogen-bond acceptors (Lipinski definition) is 5. The van der Waals surface area contributed by atoms with Crippen molar-refractivity contribution in [3.8, 4) is 0 Å². The summed E-state index contributed by atoms with van der Waals surface area (Å²) in [6.07, 6.45) is 2.20. The minimum absolute atomic E-state index is 0.0413. The summed E-state index contributed by atoms with van der Waals surface area (Å²) in [7, 11) is 0. The van der Waals surface area contributed by atoms with Crippen LogP contribution in [0, 0.1) is 11.8 Å². The number of carbonyl (C=O) groups excluding carboxylic acids is 2. The first-order chi connectivity index (χ1) is 8.56. The summed E-state index contributed by atoms with van der Waals surface area (Å²) in [5.41, 5.74) is 0. The van der Waals surface area contributed by atoms with Crippen molar-refractivity contribution >= 4 is 18.4 Å². The van der Waals surface area contributed by atoms with Crippen molar-refractivity contribution in [2.24, 2.45) is 11.8 Å². The molecule has 0 radical (unpaired) electrons. The molecule has 0 aliphatic heterocycles. The highest BCUT2D eigenvalue weighted by atomic mass is 16.6. The molecule has 1 N–H and O–H groups in total. The summed E-state index contributed by atoms with van der Waals surface area (Å²) in [5, 5.41) is 9.04. The van der Waals surface area contributed by atoms with E-state index in [4.69, 9.17) is 9.84 Å². The lowest BCUT2D eigenvalue weighted by atomic mass is 9.79. The third-order valence-electron chi connectivity index (χ3n) is 3.13. The van der Waals surface area contributed by atoms with Gasteiger partial charge in [0.1, 0.15) is 12.7 Å². The number of ether oxygens (including phenoxy) is 2. The summed E-state index contributed by atoms with van der Waals surface area (Å²) >= 11 is 0. The zero-order valence-electron chi connectivity index (χ0n) is 10.3. The van der Waals surface area contributed by atoms with Crippen LogP contribution in [0.5, 0.6) is 0 Å². The van der Waals surface area contributed by atoms with Crippen LogP contribution in [0.2, 0.25) is 0 Å². The maximum Gasteiger partial charge on any atom is 0.309 e. The number of carboxylic acid groups (broad SMARTS) is 1. The number of carboxylic acids is 1. The van der Waals surface area contributed by atoms with Gasteiger partial charge in [0, 0.05) is 0 Å². The molecule has 3 atom stereocenters. The van der Waals surface area contributed by atoms with Gasteiger partial charge in [0.25, 0.3) is 6.47 Å². The van der Waals surface area contributed by atoms with Crippen LogP contribution in [0.3, 0.4) is 0 Å². The molecule has 0 amide bonds. The molecule has 102 valence electrons. The number of carbonyl (C=O) groups is 3. The smallest absolute Gasteiger partial charge is 0.309 e. The van der Waals surface area contributed by atoms with E-state index in [1.807, 2.05) is 0 Å². The van der Waals surface area contributed by atoms with E-state index >= 15 is 0 Å². The molecule has 0 aromatic heterocycles. The number of aliphatic carboxylic acids is 1. The molecule has 0 aromatic carbocycles. The Balaban J connectivity index is 2.48. The van der Waals surface area contributed by atoms with Gasteiger partial charge in [-0.15, -0.1) is 0 Å². The number of hydrogen-bond donors (Lipinski definition) is 1. The van der Waals surface area contributed by atoms with Crippen LogP contribution < -0.4 is 0 Å². The van der Waals surface area contributed by atoms with Crippen molar-refractivity contribution in [1.82, 2.24) is 0 Å². The van der Waals surface area contributed by atoms with E-state index in [0.717, 1.165) is 12.8 Å². The van der Waals surface area contributed by atoms with Crippen LogP contribution in [0.4, 0.5) is 0 Å². The Bertz CT molecular complexity index is 314. The monoisotopic (exact) mass is 258 g/mol. The van der Waals surface area contributed by atoms with Gasteiger partial charge in [0.2, 0.25) is 0 Å². The van der Waals surface area contributed by atoms with Gasteiger partial charge < -0.3 is 14.6 Å². The van der Waals surface area contributed by atoms with Crippen LogP contribution in [0.25, 0.3) is 0 Å². The van der Waals surface area contributed by atoms with E-state index in [9.17, 15) is 14.4 Å². The Morgan fingerprint density at radius 2 is 1.94 bits per heavy atom. The number of esters is 1. The summed E-state index contributed by atoms with van der Waals surface area (Å²) < 4.78 is 9.57. The fourth-order valence-electron chi connectivity index (χ4n) is 2.15. The zero-order valence-corrected chi connectivity index (χ0v) is 10.3. The van der Waals surface area contributed by atoms with E-state index in [0.29, 0.717) is 19.3 Å². The molecule has 1 aliphatic carbocycles. The van der Waals surface area contributed by atoms with Crippen LogP contribution in [0.1, 0.15) is 32.6 Å². The second kappa shape index (κ2) is 6.98. The maximum atomic E-state index is 11.8. The fourth-order valence-corrected chi connectivity index (χ4v) is 2.15. The molecule has 3 unspecified atom stereocenters. The van der Waals surface area contributed by atoms with E-state index in [2.05, 4.69) is 4.74 Å². The molecule has 0 bridgehead atoms. The van der Waals surface area contributed by atoms with E-state index in [-0.39, 0.29) is 6.61 Å². The summed E-state index contributed by atoms with van der Waals surface area (Å²) in [5.74, 6) is -2.70. The second-order valence-electron chi connectivity index (χ2n) is 4.51. The fraction of sp³-hybridized carbons (Fsp3) is 0.750. The SMILES string of the molecule is CC(COC(=O)C1CCCCC1C(=O)O)OC=O.